The highest BCUT2D eigenvalue weighted by atomic mass is 16.5. The largest absolute Gasteiger partial charge is 0.497 e. The molecule has 0 saturated carbocycles. The third-order valence-electron chi connectivity index (χ3n) is 1.28. The van der Waals surface area contributed by atoms with Gasteiger partial charge in [-0.25, -0.2) is 0 Å². The molecule has 0 unspecified atom stereocenters. The van der Waals surface area contributed by atoms with E-state index < -0.39 is 0 Å². The number of hydrogen-bond acceptors (Lipinski definition) is 2. The number of methoxy groups -OCH3 is 2. The highest BCUT2D eigenvalue weighted by molar-refractivity contribution is 5.32. The van der Waals surface area contributed by atoms with E-state index in [4.69, 9.17) is 9.47 Å². The first-order chi connectivity index (χ1) is 7.86. The van der Waals surface area contributed by atoms with Crippen molar-refractivity contribution in [1.82, 2.24) is 0 Å². The number of hydrogen-bond donors (Lipinski definition) is 0. The van der Waals surface area contributed by atoms with Crippen LogP contribution in [0, 0.1) is 0 Å². The van der Waals surface area contributed by atoms with E-state index in [1.165, 1.54) is 0 Å². The number of rotatable bonds is 2. The first-order valence-electron chi connectivity index (χ1n) is 6.05. The molecule has 0 bridgehead atoms. The molecule has 2 heteroatoms. The summed E-state index contributed by atoms with van der Waals surface area (Å²) in [5.74, 6) is 1.64. The van der Waals surface area contributed by atoms with E-state index >= 15 is 0 Å². The van der Waals surface area contributed by atoms with E-state index in [2.05, 4.69) is 0 Å². The first-order valence-corrected chi connectivity index (χ1v) is 6.05. The molecule has 1 aromatic carbocycles. The van der Waals surface area contributed by atoms with Gasteiger partial charge in [-0.1, -0.05) is 47.6 Å². The van der Waals surface area contributed by atoms with Crippen LogP contribution in [0.3, 0.4) is 0 Å². The van der Waals surface area contributed by atoms with Crippen LogP contribution in [0.15, 0.2) is 24.3 Å². The van der Waals surface area contributed by atoms with Crippen LogP contribution in [0.1, 0.15) is 41.5 Å². The summed E-state index contributed by atoms with van der Waals surface area (Å²) in [6.45, 7) is 12.0. The van der Waals surface area contributed by atoms with Gasteiger partial charge >= 0.3 is 0 Å². The van der Waals surface area contributed by atoms with Crippen LogP contribution in [-0.4, -0.2) is 14.2 Å². The van der Waals surface area contributed by atoms with Crippen LogP contribution in [0.25, 0.3) is 0 Å². The van der Waals surface area contributed by atoms with Crippen molar-refractivity contribution in [3.63, 3.8) is 0 Å². The lowest BCUT2D eigenvalue weighted by Crippen LogP contribution is -1.84. The van der Waals surface area contributed by atoms with E-state index in [0.29, 0.717) is 0 Å². The standard InChI is InChI=1S/C8H10O2.3C2H6/c1-9-7-4-3-5-8(6-7)10-2;3*1-2/h3-6H,1-2H3;3*1-2H3. The van der Waals surface area contributed by atoms with Gasteiger partial charge in [0.15, 0.2) is 0 Å². The van der Waals surface area contributed by atoms with Crippen LogP contribution in [0.4, 0.5) is 0 Å². The molecule has 16 heavy (non-hydrogen) atoms. The average molecular weight is 228 g/mol. The summed E-state index contributed by atoms with van der Waals surface area (Å²) in [6.07, 6.45) is 0. The van der Waals surface area contributed by atoms with Crippen molar-refractivity contribution >= 4 is 0 Å². The maximum Gasteiger partial charge on any atom is 0.122 e. The molecule has 0 fully saturated rings. The molecule has 0 aliphatic heterocycles. The van der Waals surface area contributed by atoms with Gasteiger partial charge in [-0.15, -0.1) is 0 Å². The van der Waals surface area contributed by atoms with Gasteiger partial charge in [0.1, 0.15) is 11.5 Å². The van der Waals surface area contributed by atoms with E-state index in [-0.39, 0.29) is 0 Å². The fraction of sp³-hybridized carbons (Fsp3) is 0.571. The van der Waals surface area contributed by atoms with Crippen LogP contribution in [0.5, 0.6) is 11.5 Å². The third kappa shape index (κ3) is 10.9. The Hall–Kier alpha value is -1.18. The molecular formula is C14H28O2. The normalized spacial score (nSPS) is 6.75. The number of benzene rings is 1. The summed E-state index contributed by atoms with van der Waals surface area (Å²) in [4.78, 5) is 0. The summed E-state index contributed by atoms with van der Waals surface area (Å²) in [6, 6.07) is 7.47. The van der Waals surface area contributed by atoms with Crippen LogP contribution < -0.4 is 9.47 Å². The second-order valence-electron chi connectivity index (χ2n) is 1.88. The van der Waals surface area contributed by atoms with Crippen LogP contribution in [0.2, 0.25) is 0 Å². The van der Waals surface area contributed by atoms with E-state index in [9.17, 15) is 0 Å². The first kappa shape index (κ1) is 20.3. The van der Waals surface area contributed by atoms with Crippen molar-refractivity contribution in [2.45, 2.75) is 41.5 Å². The molecule has 0 aromatic heterocycles. The molecule has 0 saturated heterocycles. The molecule has 2 nitrogen and oxygen atoms in total. The summed E-state index contributed by atoms with van der Waals surface area (Å²) >= 11 is 0. The maximum absolute atomic E-state index is 4.98. The predicted molar refractivity (Wildman–Crippen MR) is 73.6 cm³/mol. The molecule has 0 heterocycles. The third-order valence-corrected chi connectivity index (χ3v) is 1.28. The lowest BCUT2D eigenvalue weighted by atomic mass is 10.3. The summed E-state index contributed by atoms with van der Waals surface area (Å²) < 4.78 is 9.95. The Bertz CT molecular complexity index is 190. The zero-order valence-corrected chi connectivity index (χ0v) is 12.1. The van der Waals surface area contributed by atoms with Crippen LogP contribution in [-0.2, 0) is 0 Å². The average Bonchev–Trinajstić information content (AvgIpc) is 2.45. The van der Waals surface area contributed by atoms with Gasteiger partial charge in [0.25, 0.3) is 0 Å². The zero-order chi connectivity index (χ0) is 13.4. The van der Waals surface area contributed by atoms with Gasteiger partial charge in [0.2, 0.25) is 0 Å². The molecule has 0 atom stereocenters. The quantitative estimate of drug-likeness (QED) is 0.725. The fourth-order valence-electron chi connectivity index (χ4n) is 0.728. The van der Waals surface area contributed by atoms with E-state index in [1.54, 1.807) is 14.2 Å². The Morgan fingerprint density at radius 3 is 1.25 bits per heavy atom. The minimum atomic E-state index is 0.819. The SMILES string of the molecule is CC.CC.CC.COc1cccc(OC)c1. The summed E-state index contributed by atoms with van der Waals surface area (Å²) in [7, 11) is 3.27. The monoisotopic (exact) mass is 228 g/mol. The van der Waals surface area contributed by atoms with Crippen molar-refractivity contribution in [2.24, 2.45) is 0 Å². The molecule has 0 aliphatic carbocycles. The molecule has 0 aliphatic rings. The Kier molecular flexibility index (Phi) is 24.6. The fourth-order valence-corrected chi connectivity index (χ4v) is 0.728. The van der Waals surface area contributed by atoms with Crippen molar-refractivity contribution in [3.05, 3.63) is 24.3 Å². The number of ether oxygens (including phenoxy) is 2. The highest BCUT2D eigenvalue weighted by Gasteiger charge is 1.91. The lowest BCUT2D eigenvalue weighted by molar-refractivity contribution is 0.394. The van der Waals surface area contributed by atoms with Crippen molar-refractivity contribution in [2.75, 3.05) is 14.2 Å². The van der Waals surface area contributed by atoms with Crippen molar-refractivity contribution in [3.8, 4) is 11.5 Å². The van der Waals surface area contributed by atoms with Crippen molar-refractivity contribution in [1.29, 1.82) is 0 Å². The van der Waals surface area contributed by atoms with E-state index in [0.717, 1.165) is 11.5 Å². The Morgan fingerprint density at radius 1 is 0.688 bits per heavy atom. The van der Waals surface area contributed by atoms with Gasteiger partial charge in [-0.3, -0.25) is 0 Å². The van der Waals surface area contributed by atoms with E-state index in [1.807, 2.05) is 65.8 Å². The second kappa shape index (κ2) is 19.4. The van der Waals surface area contributed by atoms with Gasteiger partial charge in [-0.2, -0.15) is 0 Å². The topological polar surface area (TPSA) is 18.5 Å². The van der Waals surface area contributed by atoms with Gasteiger partial charge in [-0.05, 0) is 12.1 Å². The van der Waals surface area contributed by atoms with Gasteiger partial charge < -0.3 is 9.47 Å². The zero-order valence-electron chi connectivity index (χ0n) is 12.1. The highest BCUT2D eigenvalue weighted by Crippen LogP contribution is 2.17. The Labute approximate surface area is 102 Å². The molecular weight excluding hydrogens is 200 g/mol. The summed E-state index contributed by atoms with van der Waals surface area (Å²) in [5, 5.41) is 0. The second-order valence-corrected chi connectivity index (χ2v) is 1.88. The molecule has 1 aromatic rings. The minimum Gasteiger partial charge on any atom is -0.497 e. The molecule has 0 amide bonds. The molecule has 1 rings (SSSR count). The molecule has 0 radical (unpaired) electrons. The molecule has 0 spiro atoms. The predicted octanol–water partition coefficient (Wildman–Crippen LogP) is 4.78. The Balaban J connectivity index is -0.000000245. The minimum absolute atomic E-state index is 0.819. The Morgan fingerprint density at radius 2 is 1.00 bits per heavy atom. The maximum atomic E-state index is 4.98. The van der Waals surface area contributed by atoms with Crippen LogP contribution >= 0.6 is 0 Å². The smallest absolute Gasteiger partial charge is 0.122 e. The van der Waals surface area contributed by atoms with Crippen molar-refractivity contribution < 1.29 is 9.47 Å². The summed E-state index contributed by atoms with van der Waals surface area (Å²) in [5.41, 5.74) is 0. The molecule has 96 valence electrons. The van der Waals surface area contributed by atoms with Gasteiger partial charge in [0, 0.05) is 6.07 Å². The lowest BCUT2D eigenvalue weighted by Gasteiger charge is -2.01. The van der Waals surface area contributed by atoms with Gasteiger partial charge in [0.05, 0.1) is 14.2 Å². The molecule has 0 N–H and O–H groups in total.